The minimum Gasteiger partial charge on any atom is -0.583 e. The number of carbonyl (C=O) groups excluding carboxylic acids is 1. The second-order valence-electron chi connectivity index (χ2n) is 5.24. The zero-order chi connectivity index (χ0) is 19.4. The van der Waals surface area contributed by atoms with Crippen LogP contribution in [0.5, 0.6) is 0 Å². The molecular formula is C14H13BrF2N4O2S2. The Morgan fingerprint density at radius 2 is 2.12 bits per heavy atom. The number of nitriles is 2. The number of halogens is 3. The second-order valence-corrected chi connectivity index (χ2v) is 7.99. The molecule has 0 amide bonds. The summed E-state index contributed by atoms with van der Waals surface area (Å²) in [7, 11) is 2.95. The number of nitrogens with zero attached hydrogens (tertiary/aromatic N) is 3. The lowest BCUT2D eigenvalue weighted by atomic mass is 9.87. The molecule has 0 aliphatic rings. The van der Waals surface area contributed by atoms with E-state index in [4.69, 9.17) is 10.5 Å². The molecule has 25 heavy (non-hydrogen) atoms. The van der Waals surface area contributed by atoms with Gasteiger partial charge in [-0.05, 0) is 28.9 Å². The summed E-state index contributed by atoms with van der Waals surface area (Å²) in [5.41, 5.74) is -3.22. The Morgan fingerprint density at radius 1 is 1.52 bits per heavy atom. The molecule has 0 aromatic carbocycles. The van der Waals surface area contributed by atoms with Crippen molar-refractivity contribution in [3.05, 3.63) is 32.6 Å². The van der Waals surface area contributed by atoms with Gasteiger partial charge in [0, 0.05) is 35.0 Å². The molecule has 1 unspecified atom stereocenters. The highest BCUT2D eigenvalue weighted by Gasteiger charge is 2.61. The first kappa shape index (κ1) is 21.5. The van der Waals surface area contributed by atoms with Crippen LogP contribution in [0, 0.1) is 22.0 Å². The minimum atomic E-state index is -4.15. The Labute approximate surface area is 159 Å². The molecular weight excluding hydrogens is 438 g/mol. The number of nitrogens with one attached hydrogen (secondary N) is 1. The van der Waals surface area contributed by atoms with E-state index in [1.165, 1.54) is 41.9 Å². The standard InChI is InChI=1S/C14H13BrF2N4O2S2/c1-13(20-25(23)8-19,11-4-10(15)7-24-11)14(16,17)12(22)9(5-18)6-21(2)3/h4,6-7,20H,1-3H3/b9-6+/t13-,25?/m1/s1. The Hall–Kier alpha value is -1.50. The van der Waals surface area contributed by atoms with Crippen molar-refractivity contribution in [1.82, 2.24) is 9.62 Å². The normalized spacial score (nSPS) is 15.6. The topological polar surface area (TPSA) is 103 Å². The van der Waals surface area contributed by atoms with Gasteiger partial charge in [0.1, 0.15) is 11.6 Å². The summed E-state index contributed by atoms with van der Waals surface area (Å²) in [5, 5.41) is 20.6. The van der Waals surface area contributed by atoms with Crippen LogP contribution in [0.15, 0.2) is 27.7 Å². The van der Waals surface area contributed by atoms with Gasteiger partial charge >= 0.3 is 11.3 Å². The van der Waals surface area contributed by atoms with Gasteiger partial charge in [0.05, 0.1) is 0 Å². The highest BCUT2D eigenvalue weighted by atomic mass is 79.9. The van der Waals surface area contributed by atoms with E-state index in [1.807, 2.05) is 4.72 Å². The molecule has 0 fully saturated rings. The molecule has 1 aromatic rings. The maximum absolute atomic E-state index is 15.1. The summed E-state index contributed by atoms with van der Waals surface area (Å²) in [5.74, 6) is -5.89. The maximum atomic E-state index is 15.1. The number of thiocyanates is 1. The number of alkyl halides is 2. The van der Waals surface area contributed by atoms with Gasteiger partial charge in [-0.25, -0.2) is 0 Å². The molecule has 1 heterocycles. The number of rotatable bonds is 7. The lowest BCUT2D eigenvalue weighted by molar-refractivity contribution is -0.150. The van der Waals surface area contributed by atoms with Crippen LogP contribution < -0.4 is 4.72 Å². The van der Waals surface area contributed by atoms with E-state index >= 15 is 8.78 Å². The maximum Gasteiger partial charge on any atom is 0.340 e. The molecule has 0 spiro atoms. The number of hydrogen-bond donors (Lipinski definition) is 1. The van der Waals surface area contributed by atoms with Crippen LogP contribution in [0.1, 0.15) is 11.8 Å². The molecule has 0 bridgehead atoms. The summed E-state index contributed by atoms with van der Waals surface area (Å²) in [6.45, 7) is 0.961. The zero-order valence-corrected chi connectivity index (χ0v) is 16.6. The molecule has 1 N–H and O–H groups in total. The van der Waals surface area contributed by atoms with Crippen molar-refractivity contribution in [2.75, 3.05) is 14.1 Å². The quantitative estimate of drug-likeness (QED) is 0.296. The predicted molar refractivity (Wildman–Crippen MR) is 93.6 cm³/mol. The fraction of sp³-hybridized carbons (Fsp3) is 0.357. The van der Waals surface area contributed by atoms with Crippen molar-refractivity contribution in [1.29, 1.82) is 10.5 Å². The highest BCUT2D eigenvalue weighted by Crippen LogP contribution is 2.43. The summed E-state index contributed by atoms with van der Waals surface area (Å²) in [4.78, 5) is 13.6. The summed E-state index contributed by atoms with van der Waals surface area (Å²) in [6.07, 6.45) is 0.974. The van der Waals surface area contributed by atoms with E-state index in [2.05, 4.69) is 15.9 Å². The number of hydrogen-bond acceptors (Lipinski definition) is 7. The fourth-order valence-electron chi connectivity index (χ4n) is 1.85. The molecule has 0 radical (unpaired) electrons. The third kappa shape index (κ3) is 4.57. The smallest absolute Gasteiger partial charge is 0.340 e. The Morgan fingerprint density at radius 3 is 2.52 bits per heavy atom. The number of allylic oxidation sites excluding steroid dienone is 1. The van der Waals surface area contributed by atoms with Crippen LogP contribution in [0.3, 0.4) is 0 Å². The third-order valence-electron chi connectivity index (χ3n) is 3.11. The average Bonchev–Trinajstić information content (AvgIpc) is 2.98. The van der Waals surface area contributed by atoms with Gasteiger partial charge in [0.2, 0.25) is 5.78 Å². The number of carbonyl (C=O) groups is 1. The van der Waals surface area contributed by atoms with Crippen molar-refractivity contribution in [2.45, 2.75) is 18.4 Å². The first-order valence-electron chi connectivity index (χ1n) is 6.54. The minimum absolute atomic E-state index is 0.0246. The molecule has 2 atom stereocenters. The van der Waals surface area contributed by atoms with Crippen molar-refractivity contribution in [2.24, 2.45) is 0 Å². The van der Waals surface area contributed by atoms with Crippen LogP contribution in [-0.2, 0) is 21.7 Å². The number of thiophene rings is 1. The largest absolute Gasteiger partial charge is 0.583 e. The molecule has 1 aromatic heterocycles. The number of ketones is 1. The lowest BCUT2D eigenvalue weighted by Gasteiger charge is -2.34. The fourth-order valence-corrected chi connectivity index (χ4v) is 4.14. The van der Waals surface area contributed by atoms with Crippen molar-refractivity contribution >= 4 is 44.4 Å². The Kier molecular flexibility index (Phi) is 7.11. The Bertz CT molecular complexity index is 770. The second kappa shape index (κ2) is 8.25. The monoisotopic (exact) mass is 450 g/mol. The third-order valence-corrected chi connectivity index (χ3v) is 5.78. The van der Waals surface area contributed by atoms with E-state index in [0.717, 1.165) is 24.5 Å². The molecule has 1 rings (SSSR count). The van der Waals surface area contributed by atoms with Crippen LogP contribution in [0.25, 0.3) is 0 Å². The summed E-state index contributed by atoms with van der Waals surface area (Å²) >= 11 is 1.54. The first-order valence-corrected chi connectivity index (χ1v) is 9.36. The van der Waals surface area contributed by atoms with Crippen molar-refractivity contribution in [3.63, 3.8) is 0 Å². The molecule has 0 aliphatic carbocycles. The molecule has 0 saturated carbocycles. The van der Waals surface area contributed by atoms with Crippen LogP contribution in [0.2, 0.25) is 0 Å². The van der Waals surface area contributed by atoms with E-state index in [9.17, 15) is 9.35 Å². The van der Waals surface area contributed by atoms with Gasteiger partial charge in [-0.2, -0.15) is 14.0 Å². The molecule has 11 heteroatoms. The molecule has 0 saturated heterocycles. The van der Waals surface area contributed by atoms with Crippen molar-refractivity contribution < 1.29 is 18.1 Å². The van der Waals surface area contributed by atoms with Gasteiger partial charge in [0.15, 0.2) is 16.9 Å². The first-order chi connectivity index (χ1) is 11.5. The average molecular weight is 451 g/mol. The van der Waals surface area contributed by atoms with E-state index in [1.54, 1.807) is 0 Å². The lowest BCUT2D eigenvalue weighted by Crippen LogP contribution is -2.59. The van der Waals surface area contributed by atoms with Crippen LogP contribution in [-0.4, -0.2) is 35.3 Å². The highest BCUT2D eigenvalue weighted by molar-refractivity contribution is 9.10. The summed E-state index contributed by atoms with van der Waals surface area (Å²) < 4.78 is 44.2. The zero-order valence-electron chi connectivity index (χ0n) is 13.3. The van der Waals surface area contributed by atoms with E-state index in [0.29, 0.717) is 4.47 Å². The van der Waals surface area contributed by atoms with Crippen molar-refractivity contribution in [3.8, 4) is 11.5 Å². The number of Topliss-reactive ketones (excluding diaryl/α,β-unsaturated/α-hetero) is 1. The van der Waals surface area contributed by atoms with E-state index in [-0.39, 0.29) is 4.88 Å². The summed E-state index contributed by atoms with van der Waals surface area (Å²) in [6, 6.07) is 2.78. The van der Waals surface area contributed by atoms with Crippen LogP contribution in [0.4, 0.5) is 8.78 Å². The van der Waals surface area contributed by atoms with Gasteiger partial charge in [-0.1, -0.05) is 0 Å². The van der Waals surface area contributed by atoms with Gasteiger partial charge in [0.25, 0.3) is 0 Å². The molecule has 134 valence electrons. The van der Waals surface area contributed by atoms with Gasteiger partial charge in [-0.15, -0.1) is 21.3 Å². The van der Waals surface area contributed by atoms with Gasteiger partial charge in [-0.3, -0.25) is 4.79 Å². The molecule has 6 nitrogen and oxygen atoms in total. The van der Waals surface area contributed by atoms with Crippen LogP contribution >= 0.6 is 27.3 Å². The Balaban J connectivity index is 3.49. The van der Waals surface area contributed by atoms with E-state index < -0.39 is 34.2 Å². The predicted octanol–water partition coefficient (Wildman–Crippen LogP) is 2.63. The molecule has 0 aliphatic heterocycles. The van der Waals surface area contributed by atoms with Gasteiger partial charge < -0.3 is 9.45 Å². The SMILES string of the molecule is CN(C)/C=C(\C#N)C(=O)C(F)(F)[C@](C)(N[S+]([O-])C#N)c1cc(Br)cs1.